The van der Waals surface area contributed by atoms with E-state index in [4.69, 9.17) is 9.47 Å². The van der Waals surface area contributed by atoms with Gasteiger partial charge in [-0.15, -0.1) is 5.10 Å². The Hall–Kier alpha value is -5.25. The molecule has 4 aromatic carbocycles. The average molecular weight is 613 g/mol. The lowest BCUT2D eigenvalue weighted by atomic mass is 9.91. The summed E-state index contributed by atoms with van der Waals surface area (Å²) in [5.41, 5.74) is 3.70. The third kappa shape index (κ3) is 8.44. The molecule has 0 fully saturated rings. The van der Waals surface area contributed by atoms with E-state index < -0.39 is 17.7 Å². The number of esters is 1. The number of alkyl halides is 3. The number of aromatic amines is 1. The summed E-state index contributed by atoms with van der Waals surface area (Å²) < 4.78 is 51.2. The Balaban J connectivity index is 1.33. The molecule has 7 nitrogen and oxygen atoms in total. The first-order valence-corrected chi connectivity index (χ1v) is 14.4. The predicted octanol–water partition coefficient (Wildman–Crippen LogP) is 7.76. The van der Waals surface area contributed by atoms with Gasteiger partial charge in [0.1, 0.15) is 12.4 Å². The quantitative estimate of drug-likeness (QED) is 0.145. The lowest BCUT2D eigenvalue weighted by Gasteiger charge is -2.16. The van der Waals surface area contributed by atoms with Crippen LogP contribution in [0, 0.1) is 5.92 Å². The maximum atomic E-state index is 13.5. The van der Waals surface area contributed by atoms with Crippen LogP contribution in [0.3, 0.4) is 0 Å². The summed E-state index contributed by atoms with van der Waals surface area (Å²) in [6, 6.07) is 28.1. The second kappa shape index (κ2) is 14.5. The molecule has 0 saturated carbocycles. The third-order valence-corrected chi connectivity index (χ3v) is 7.42. The molecular weight excluding hydrogens is 581 g/mol. The van der Waals surface area contributed by atoms with E-state index in [0.717, 1.165) is 41.2 Å². The van der Waals surface area contributed by atoms with E-state index >= 15 is 0 Å². The van der Waals surface area contributed by atoms with Crippen molar-refractivity contribution < 1.29 is 27.4 Å². The van der Waals surface area contributed by atoms with Gasteiger partial charge >= 0.3 is 12.1 Å². The number of para-hydroxylation sites is 1. The number of methoxy groups -OCH3 is 1. The lowest BCUT2D eigenvalue weighted by Crippen LogP contribution is -2.10. The number of nitrogens with one attached hydrogen (secondary N) is 1. The molecule has 0 aliphatic carbocycles. The number of aryl methyl sites for hydroxylation is 1. The maximum Gasteiger partial charge on any atom is 0.416 e. The number of aromatic nitrogens is 4. The molecule has 0 aliphatic rings. The minimum absolute atomic E-state index is 0.0719. The van der Waals surface area contributed by atoms with Gasteiger partial charge in [-0.05, 0) is 71.0 Å². The van der Waals surface area contributed by atoms with E-state index in [1.54, 1.807) is 30.3 Å². The van der Waals surface area contributed by atoms with Gasteiger partial charge in [0.2, 0.25) is 0 Å². The number of tetrazole rings is 1. The largest absolute Gasteiger partial charge is 0.488 e. The van der Waals surface area contributed by atoms with Gasteiger partial charge < -0.3 is 9.47 Å². The molecule has 0 radical (unpaired) electrons. The summed E-state index contributed by atoms with van der Waals surface area (Å²) in [6.07, 6.45) is 1.93. The molecular formula is C35H31F3N4O3. The fraction of sp³-hybridized carbons (Fsp3) is 0.200. The molecule has 0 amide bonds. The number of allylic oxidation sites excluding steroid dienone is 1. The van der Waals surface area contributed by atoms with Crippen LogP contribution >= 0.6 is 0 Å². The molecule has 1 atom stereocenters. The molecule has 10 heteroatoms. The molecule has 5 aromatic rings. The normalized spacial score (nSPS) is 12.3. The van der Waals surface area contributed by atoms with Crippen LogP contribution < -0.4 is 4.74 Å². The van der Waals surface area contributed by atoms with Gasteiger partial charge in [0.15, 0.2) is 5.82 Å². The second-order valence-electron chi connectivity index (χ2n) is 10.5. The molecule has 45 heavy (non-hydrogen) atoms. The van der Waals surface area contributed by atoms with Crippen LogP contribution in [-0.2, 0) is 30.4 Å². The number of carbonyl (C=O) groups excluding carboxylic acids is 1. The van der Waals surface area contributed by atoms with Crippen LogP contribution in [0.15, 0.2) is 103 Å². The lowest BCUT2D eigenvalue weighted by molar-refractivity contribution is -0.138. The van der Waals surface area contributed by atoms with Crippen molar-refractivity contribution in [2.45, 2.75) is 32.0 Å². The van der Waals surface area contributed by atoms with Gasteiger partial charge in [-0.2, -0.15) is 13.2 Å². The number of rotatable bonds is 12. The molecule has 0 bridgehead atoms. The zero-order valence-electron chi connectivity index (χ0n) is 24.5. The number of H-pyrrole nitrogens is 1. The number of hydrogen-bond acceptors (Lipinski definition) is 6. The van der Waals surface area contributed by atoms with E-state index in [-0.39, 0.29) is 18.1 Å². The minimum atomic E-state index is -4.46. The Kier molecular flexibility index (Phi) is 10.0. The number of halogens is 3. The van der Waals surface area contributed by atoms with Crippen LogP contribution in [0.1, 0.15) is 44.6 Å². The number of nitrogens with zero attached hydrogens (tertiary/aromatic N) is 3. The highest BCUT2D eigenvalue weighted by Crippen LogP contribution is 2.33. The molecule has 0 saturated heterocycles. The molecule has 0 spiro atoms. The van der Waals surface area contributed by atoms with Crippen LogP contribution in [0.5, 0.6) is 5.75 Å². The van der Waals surface area contributed by atoms with Crippen molar-refractivity contribution in [2.24, 2.45) is 5.92 Å². The Labute approximate surface area is 258 Å². The Bertz CT molecular complexity index is 1720. The monoisotopic (exact) mass is 612 g/mol. The Morgan fingerprint density at radius 3 is 2.33 bits per heavy atom. The molecule has 0 aliphatic heterocycles. The van der Waals surface area contributed by atoms with Gasteiger partial charge in [0.05, 0.1) is 18.2 Å². The molecule has 5 rings (SSSR count). The predicted molar refractivity (Wildman–Crippen MR) is 164 cm³/mol. The minimum Gasteiger partial charge on any atom is -0.488 e. The summed E-state index contributed by atoms with van der Waals surface area (Å²) in [5, 5.41) is 14.0. The summed E-state index contributed by atoms with van der Waals surface area (Å²) in [6.45, 7) is -0.212. The van der Waals surface area contributed by atoms with Crippen molar-refractivity contribution in [2.75, 3.05) is 7.11 Å². The summed E-state index contributed by atoms with van der Waals surface area (Å²) >= 11 is 0. The van der Waals surface area contributed by atoms with Gasteiger partial charge in [0.25, 0.3) is 0 Å². The molecule has 230 valence electrons. The summed E-state index contributed by atoms with van der Waals surface area (Å²) in [7, 11) is 1.35. The second-order valence-corrected chi connectivity index (χ2v) is 10.5. The third-order valence-electron chi connectivity index (χ3n) is 7.42. The summed E-state index contributed by atoms with van der Waals surface area (Å²) in [4.78, 5) is 11.9. The topological polar surface area (TPSA) is 90.0 Å². The zero-order valence-corrected chi connectivity index (χ0v) is 24.5. The molecule has 1 N–H and O–H groups in total. The highest BCUT2D eigenvalue weighted by Gasteiger charge is 2.33. The van der Waals surface area contributed by atoms with E-state index in [1.807, 2.05) is 54.6 Å². The molecule has 1 heterocycles. The van der Waals surface area contributed by atoms with E-state index in [0.29, 0.717) is 23.6 Å². The fourth-order valence-corrected chi connectivity index (χ4v) is 4.99. The van der Waals surface area contributed by atoms with Crippen molar-refractivity contribution in [3.63, 3.8) is 0 Å². The fourth-order valence-electron chi connectivity index (χ4n) is 4.99. The Morgan fingerprint density at radius 2 is 1.62 bits per heavy atom. The van der Waals surface area contributed by atoms with E-state index in [2.05, 4.69) is 26.7 Å². The molecule has 1 unspecified atom stereocenters. The van der Waals surface area contributed by atoms with Gasteiger partial charge in [-0.25, -0.2) is 9.89 Å². The smallest absolute Gasteiger partial charge is 0.416 e. The average Bonchev–Trinajstić information content (AvgIpc) is 3.61. The number of ether oxygens (including phenoxy) is 2. The number of carbonyl (C=O) groups is 1. The van der Waals surface area contributed by atoms with Gasteiger partial charge in [0, 0.05) is 16.7 Å². The van der Waals surface area contributed by atoms with Crippen LogP contribution in [0.4, 0.5) is 13.2 Å². The highest BCUT2D eigenvalue weighted by molar-refractivity contribution is 5.89. The van der Waals surface area contributed by atoms with Crippen LogP contribution in [0.2, 0.25) is 0 Å². The van der Waals surface area contributed by atoms with Crippen molar-refractivity contribution in [3.8, 4) is 17.1 Å². The van der Waals surface area contributed by atoms with Crippen LogP contribution in [0.25, 0.3) is 17.5 Å². The first-order valence-electron chi connectivity index (χ1n) is 14.4. The summed E-state index contributed by atoms with van der Waals surface area (Å²) in [5.74, 6) is 0.799. The van der Waals surface area contributed by atoms with Crippen LogP contribution in [-0.4, -0.2) is 33.7 Å². The number of hydrogen-bond donors (Lipinski definition) is 1. The first-order chi connectivity index (χ1) is 21.8. The van der Waals surface area contributed by atoms with E-state index in [1.165, 1.54) is 19.2 Å². The van der Waals surface area contributed by atoms with Crippen molar-refractivity contribution >= 4 is 12.0 Å². The first kappa shape index (κ1) is 31.2. The van der Waals surface area contributed by atoms with Gasteiger partial charge in [-0.1, -0.05) is 84.9 Å². The van der Waals surface area contributed by atoms with Crippen molar-refractivity contribution in [3.05, 3.63) is 137 Å². The SMILES string of the molecule is COC(=O)c1ccc(CC(/C=C/c2ccccc2OCc2ccccc2C(F)(F)F)CCc2ccc(-c3nnn[nH]3)cc2)cc1. The Morgan fingerprint density at radius 1 is 0.911 bits per heavy atom. The van der Waals surface area contributed by atoms with Crippen molar-refractivity contribution in [1.82, 2.24) is 20.6 Å². The molecule has 1 aromatic heterocycles. The van der Waals surface area contributed by atoms with E-state index in [9.17, 15) is 18.0 Å². The zero-order chi connectivity index (χ0) is 31.6. The number of benzene rings is 4. The highest BCUT2D eigenvalue weighted by atomic mass is 19.4. The van der Waals surface area contributed by atoms with Crippen molar-refractivity contribution in [1.29, 1.82) is 0 Å². The van der Waals surface area contributed by atoms with Gasteiger partial charge in [-0.3, -0.25) is 0 Å². The standard InChI is InChI=1S/C35H31F3N4O3/c1-44-34(43)29-20-15-26(16-21-29)22-25(11-10-24-12-18-28(19-13-24)33-39-41-42-40-33)14-17-27-6-3-5-9-32(27)45-23-30-7-2-4-8-31(30)35(36,37)38/h2-9,12-21,25H,10-11,22-23H2,1H3,(H,39,40,41,42)/b17-14+. The maximum absolute atomic E-state index is 13.5.